The molecule has 0 heterocycles. The lowest BCUT2D eigenvalue weighted by atomic mass is 10.5. The van der Waals surface area contributed by atoms with Gasteiger partial charge in [0.25, 0.3) is 0 Å². The van der Waals surface area contributed by atoms with Crippen molar-refractivity contribution in [1.82, 2.24) is 0 Å². The second-order valence-corrected chi connectivity index (χ2v) is 1.14. The third-order valence-electron chi connectivity index (χ3n) is 0.553. The van der Waals surface area contributed by atoms with Crippen molar-refractivity contribution in [3.63, 3.8) is 0 Å². The Labute approximate surface area is 53.5 Å². The first kappa shape index (κ1) is 10.8. The number of hydrogen-bond acceptors (Lipinski definition) is 2. The molecule has 0 saturated carbocycles. The molecule has 0 saturated heterocycles. The van der Waals surface area contributed by atoms with Crippen LogP contribution >= 0.6 is 0 Å². The normalized spacial score (nSPS) is 7.50. The van der Waals surface area contributed by atoms with Gasteiger partial charge in [-0.1, -0.05) is 13.8 Å². The molecule has 0 unspecified atom stereocenters. The monoisotopic (exact) mass is 121 g/mol. The van der Waals surface area contributed by atoms with Gasteiger partial charge in [-0.3, -0.25) is 0 Å². The summed E-state index contributed by atoms with van der Waals surface area (Å²) in [5, 5.41) is 0. The summed E-state index contributed by atoms with van der Waals surface area (Å²) in [6.45, 7) is 5.52. The van der Waals surface area contributed by atoms with Crippen molar-refractivity contribution in [2.24, 2.45) is 5.73 Å². The second-order valence-electron chi connectivity index (χ2n) is 1.14. The van der Waals surface area contributed by atoms with E-state index in [1.165, 1.54) is 0 Å². The first-order valence-electron chi connectivity index (χ1n) is 3.11. The minimum absolute atomic E-state index is 0. The molecular weight excluding hydrogens is 102 g/mol. The summed E-state index contributed by atoms with van der Waals surface area (Å²) in [4.78, 5) is 0. The summed E-state index contributed by atoms with van der Waals surface area (Å²) in [5.74, 6) is 0. The Kier molecular flexibility index (Phi) is 21.3. The van der Waals surface area contributed by atoms with Crippen molar-refractivity contribution < 1.29 is 6.16 Å². The molecule has 0 amide bonds. The van der Waals surface area contributed by atoms with Gasteiger partial charge in [0.05, 0.1) is 0 Å². The fourth-order valence-corrected chi connectivity index (χ4v) is 0.228. The average Bonchev–Trinajstić information content (AvgIpc) is 1.88. The maximum Gasteiger partial charge on any atom is 0.0474 e. The highest BCUT2D eigenvalue weighted by Gasteiger charge is 1.74. The van der Waals surface area contributed by atoms with Crippen molar-refractivity contribution in [1.29, 1.82) is 0 Å². The molecule has 2 heteroatoms. The van der Waals surface area contributed by atoms with Gasteiger partial charge in [0.15, 0.2) is 0 Å². The summed E-state index contributed by atoms with van der Waals surface area (Å²) >= 11 is 0. The third kappa shape index (κ3) is 16.8. The smallest absolute Gasteiger partial charge is 0.0474 e. The quantitative estimate of drug-likeness (QED) is 0.570. The van der Waals surface area contributed by atoms with Gasteiger partial charge in [-0.25, -0.2) is 0 Å². The summed E-state index contributed by atoms with van der Waals surface area (Å²) < 4.78 is 4.70. The maximum absolute atomic E-state index is 5.13. The van der Waals surface area contributed by atoms with Gasteiger partial charge in [-0.15, -0.1) is 0 Å². The predicted octanol–water partition coefficient (Wildman–Crippen LogP) is 1.25. The number of ether oxygens (including phenoxy) is 1. The standard InChI is InChI=1S/C4H11NO.C2H6.H2/c1-6-4-2-3-5;1-2;/h2-5H2,1H3;1-2H3;1H. The molecule has 0 fully saturated rings. The first-order valence-corrected chi connectivity index (χ1v) is 3.11. The first-order chi connectivity index (χ1) is 3.91. The Morgan fingerprint density at radius 1 is 1.50 bits per heavy atom. The molecule has 0 atom stereocenters. The molecule has 0 radical (unpaired) electrons. The summed E-state index contributed by atoms with van der Waals surface area (Å²) in [5.41, 5.74) is 5.13. The molecule has 0 aliphatic rings. The van der Waals surface area contributed by atoms with Crippen molar-refractivity contribution >= 4 is 0 Å². The zero-order chi connectivity index (χ0) is 6.83. The molecule has 0 aromatic heterocycles. The van der Waals surface area contributed by atoms with Crippen LogP contribution in [0.25, 0.3) is 0 Å². The molecule has 2 N–H and O–H groups in total. The van der Waals surface area contributed by atoms with E-state index in [1.54, 1.807) is 7.11 Å². The van der Waals surface area contributed by atoms with Gasteiger partial charge in [0, 0.05) is 15.1 Å². The van der Waals surface area contributed by atoms with E-state index in [-0.39, 0.29) is 1.43 Å². The number of methoxy groups -OCH3 is 1. The second kappa shape index (κ2) is 15.8. The van der Waals surface area contributed by atoms with Gasteiger partial charge in [0.1, 0.15) is 0 Å². The van der Waals surface area contributed by atoms with Crippen LogP contribution in [0, 0.1) is 0 Å². The summed E-state index contributed by atoms with van der Waals surface area (Å²) in [6, 6.07) is 0. The Hall–Kier alpha value is -0.0800. The van der Waals surface area contributed by atoms with E-state index >= 15 is 0 Å². The zero-order valence-electron chi connectivity index (χ0n) is 6.11. The highest BCUT2D eigenvalue weighted by atomic mass is 16.5. The molecule has 0 aliphatic heterocycles. The van der Waals surface area contributed by atoms with Crippen LogP contribution in [0.3, 0.4) is 0 Å². The largest absolute Gasteiger partial charge is 0.385 e. The molecule has 0 aromatic carbocycles. The lowest BCUT2D eigenvalue weighted by Crippen LogP contribution is -2.01. The molecule has 0 aromatic rings. The van der Waals surface area contributed by atoms with E-state index in [1.807, 2.05) is 13.8 Å². The van der Waals surface area contributed by atoms with E-state index in [0.29, 0.717) is 0 Å². The van der Waals surface area contributed by atoms with Crippen molar-refractivity contribution in [3.8, 4) is 0 Å². The third-order valence-corrected chi connectivity index (χ3v) is 0.553. The molecule has 0 bridgehead atoms. The van der Waals surface area contributed by atoms with Gasteiger partial charge < -0.3 is 10.5 Å². The molecule has 0 spiro atoms. The fourth-order valence-electron chi connectivity index (χ4n) is 0.228. The van der Waals surface area contributed by atoms with Crippen LogP contribution in [0.5, 0.6) is 0 Å². The Morgan fingerprint density at radius 2 is 2.00 bits per heavy atom. The van der Waals surface area contributed by atoms with Crippen LogP contribution in [-0.4, -0.2) is 20.3 Å². The number of hydrogen-bond donors (Lipinski definition) is 1. The Balaban J connectivity index is -0.000000109. The average molecular weight is 121 g/mol. The van der Waals surface area contributed by atoms with Crippen LogP contribution < -0.4 is 5.73 Å². The number of rotatable bonds is 3. The Bertz CT molecular complexity index is 25.0. The molecule has 8 heavy (non-hydrogen) atoms. The van der Waals surface area contributed by atoms with E-state index in [4.69, 9.17) is 10.5 Å². The Morgan fingerprint density at radius 3 is 2.12 bits per heavy atom. The van der Waals surface area contributed by atoms with Gasteiger partial charge in [-0.05, 0) is 13.0 Å². The lowest BCUT2D eigenvalue weighted by Gasteiger charge is -1.89. The minimum atomic E-state index is 0. The van der Waals surface area contributed by atoms with Crippen LogP contribution in [0.1, 0.15) is 21.7 Å². The molecular formula is C6H19NO. The van der Waals surface area contributed by atoms with E-state index < -0.39 is 0 Å². The topological polar surface area (TPSA) is 35.2 Å². The lowest BCUT2D eigenvalue weighted by molar-refractivity contribution is 0.197. The fraction of sp³-hybridized carbons (Fsp3) is 1.00. The molecule has 0 aliphatic carbocycles. The SMILES string of the molecule is CC.COCCCN.[HH]. The summed E-state index contributed by atoms with van der Waals surface area (Å²) in [7, 11) is 1.68. The van der Waals surface area contributed by atoms with Gasteiger partial charge in [-0.2, -0.15) is 0 Å². The predicted molar refractivity (Wildman–Crippen MR) is 39.0 cm³/mol. The maximum atomic E-state index is 5.13. The summed E-state index contributed by atoms with van der Waals surface area (Å²) in [6.07, 6.45) is 0.969. The van der Waals surface area contributed by atoms with E-state index in [9.17, 15) is 0 Å². The highest BCUT2D eigenvalue weighted by Crippen LogP contribution is 1.70. The number of nitrogens with two attached hydrogens (primary N) is 1. The van der Waals surface area contributed by atoms with Crippen LogP contribution in [0.4, 0.5) is 0 Å². The van der Waals surface area contributed by atoms with Crippen molar-refractivity contribution in [2.45, 2.75) is 20.3 Å². The van der Waals surface area contributed by atoms with Crippen LogP contribution in [0.2, 0.25) is 0 Å². The van der Waals surface area contributed by atoms with Crippen LogP contribution in [0.15, 0.2) is 0 Å². The highest BCUT2D eigenvalue weighted by molar-refractivity contribution is 4.31. The van der Waals surface area contributed by atoms with Crippen LogP contribution in [-0.2, 0) is 4.74 Å². The molecule has 54 valence electrons. The molecule has 2 nitrogen and oxygen atoms in total. The van der Waals surface area contributed by atoms with Crippen molar-refractivity contribution in [2.75, 3.05) is 20.3 Å². The minimum Gasteiger partial charge on any atom is -0.385 e. The van der Waals surface area contributed by atoms with E-state index in [2.05, 4.69) is 0 Å². The van der Waals surface area contributed by atoms with Crippen molar-refractivity contribution in [3.05, 3.63) is 0 Å². The zero-order valence-corrected chi connectivity index (χ0v) is 6.11. The van der Waals surface area contributed by atoms with Gasteiger partial charge >= 0.3 is 0 Å². The molecule has 0 rings (SSSR count). The van der Waals surface area contributed by atoms with E-state index in [0.717, 1.165) is 19.6 Å². The van der Waals surface area contributed by atoms with Gasteiger partial charge in [0.2, 0.25) is 0 Å².